The van der Waals surface area contributed by atoms with Gasteiger partial charge in [-0.05, 0) is 31.0 Å². The zero-order chi connectivity index (χ0) is 21.6. The molecule has 1 aromatic carbocycles. The Hall–Kier alpha value is -1.88. The van der Waals surface area contributed by atoms with Gasteiger partial charge in [0.15, 0.2) is 0 Å². The van der Waals surface area contributed by atoms with Crippen LogP contribution in [0.1, 0.15) is 23.2 Å². The highest BCUT2D eigenvalue weighted by molar-refractivity contribution is 7.88. The first-order chi connectivity index (χ1) is 13.6. The number of nitrogens with zero attached hydrogens (tertiary/aromatic N) is 1. The summed E-state index contributed by atoms with van der Waals surface area (Å²) in [6.45, 7) is 0.116. The van der Waals surface area contributed by atoms with Gasteiger partial charge in [-0.2, -0.15) is 0 Å². The number of piperidine rings is 1. The van der Waals surface area contributed by atoms with E-state index in [1.165, 1.54) is 22.5 Å². The van der Waals surface area contributed by atoms with Crippen LogP contribution in [0.5, 0.6) is 0 Å². The van der Waals surface area contributed by atoms with E-state index >= 15 is 0 Å². The first-order valence-corrected chi connectivity index (χ1v) is 11.4. The second kappa shape index (κ2) is 10.2. The third-order valence-corrected chi connectivity index (χ3v) is 6.17. The molecule has 0 spiro atoms. The molecule has 1 aliphatic rings. The van der Waals surface area contributed by atoms with Crippen LogP contribution in [-0.4, -0.2) is 68.9 Å². The van der Waals surface area contributed by atoms with E-state index in [9.17, 15) is 22.8 Å². The highest BCUT2D eigenvalue weighted by atomic mass is 35.5. The molecule has 1 saturated heterocycles. The van der Waals surface area contributed by atoms with Gasteiger partial charge in [-0.3, -0.25) is 14.4 Å². The topological polar surface area (TPSA) is 125 Å². The third kappa shape index (κ3) is 7.46. The number of benzene rings is 1. The van der Waals surface area contributed by atoms with Gasteiger partial charge >= 0.3 is 0 Å². The molecular weight excluding hydrogens is 443 g/mol. The second-order valence-corrected chi connectivity index (χ2v) is 9.41. The lowest BCUT2D eigenvalue weighted by atomic mass is 10.1. The van der Waals surface area contributed by atoms with E-state index in [0.29, 0.717) is 31.0 Å². The van der Waals surface area contributed by atoms with Gasteiger partial charge in [0, 0.05) is 24.2 Å². The molecule has 0 bridgehead atoms. The molecule has 0 atom stereocenters. The molecule has 3 amide bonds. The van der Waals surface area contributed by atoms with Gasteiger partial charge in [-0.25, -0.2) is 12.7 Å². The minimum Gasteiger partial charge on any atom is -0.352 e. The number of hydrogen-bond acceptors (Lipinski definition) is 5. The average Bonchev–Trinajstić information content (AvgIpc) is 2.64. The number of hydrogen-bond donors (Lipinski definition) is 3. The zero-order valence-corrected chi connectivity index (χ0v) is 18.0. The fraction of sp³-hybridized carbons (Fsp3) is 0.471. The van der Waals surface area contributed by atoms with Crippen molar-refractivity contribution in [3.63, 3.8) is 0 Å². The van der Waals surface area contributed by atoms with Gasteiger partial charge in [0.1, 0.15) is 0 Å². The Balaban J connectivity index is 1.68. The summed E-state index contributed by atoms with van der Waals surface area (Å²) in [4.78, 5) is 35.8. The molecule has 0 radical (unpaired) electrons. The number of carbonyl (C=O) groups is 3. The standard InChI is InChI=1S/C17H22Cl2N4O5S/c1-29(27,28)23-6-4-12(5-7-23)22-16(25)10-20-15(24)9-21-17(26)13-3-2-11(18)8-14(13)19/h2-3,8,12H,4-7,9-10H2,1H3,(H,20,24)(H,21,26)(H,22,25). The Morgan fingerprint density at radius 2 is 1.69 bits per heavy atom. The van der Waals surface area contributed by atoms with Crippen molar-refractivity contribution in [2.45, 2.75) is 18.9 Å². The van der Waals surface area contributed by atoms with Crippen LogP contribution in [0, 0.1) is 0 Å². The molecule has 160 valence electrons. The predicted octanol–water partition coefficient (Wildman–Crippen LogP) is 0.380. The number of nitrogens with one attached hydrogen (secondary N) is 3. The van der Waals surface area contributed by atoms with Crippen LogP contribution in [0.4, 0.5) is 0 Å². The minimum atomic E-state index is -3.22. The minimum absolute atomic E-state index is 0.149. The average molecular weight is 465 g/mol. The van der Waals surface area contributed by atoms with Gasteiger partial charge < -0.3 is 16.0 Å². The maximum absolute atomic E-state index is 12.0. The van der Waals surface area contributed by atoms with Crippen molar-refractivity contribution in [3.05, 3.63) is 33.8 Å². The number of carbonyl (C=O) groups excluding carboxylic acids is 3. The largest absolute Gasteiger partial charge is 0.352 e. The molecule has 1 heterocycles. The van der Waals surface area contributed by atoms with Crippen molar-refractivity contribution in [2.24, 2.45) is 0 Å². The van der Waals surface area contributed by atoms with Crippen LogP contribution >= 0.6 is 23.2 Å². The molecule has 0 saturated carbocycles. The Morgan fingerprint density at radius 3 is 2.28 bits per heavy atom. The molecular formula is C17H22Cl2N4O5S. The normalized spacial score (nSPS) is 15.6. The van der Waals surface area contributed by atoms with E-state index in [2.05, 4.69) is 16.0 Å². The summed E-state index contributed by atoms with van der Waals surface area (Å²) in [5, 5.41) is 8.13. The predicted molar refractivity (Wildman–Crippen MR) is 109 cm³/mol. The monoisotopic (exact) mass is 464 g/mol. The molecule has 12 heteroatoms. The zero-order valence-electron chi connectivity index (χ0n) is 15.7. The quantitative estimate of drug-likeness (QED) is 0.537. The van der Waals surface area contributed by atoms with E-state index in [4.69, 9.17) is 23.2 Å². The van der Waals surface area contributed by atoms with E-state index < -0.39 is 21.8 Å². The van der Waals surface area contributed by atoms with Crippen LogP contribution in [0.25, 0.3) is 0 Å². The fourth-order valence-electron chi connectivity index (χ4n) is 2.78. The lowest BCUT2D eigenvalue weighted by Gasteiger charge is -2.30. The lowest BCUT2D eigenvalue weighted by molar-refractivity contribution is -0.126. The van der Waals surface area contributed by atoms with Crippen LogP contribution in [0.15, 0.2) is 18.2 Å². The second-order valence-electron chi connectivity index (χ2n) is 6.59. The Bertz CT molecular complexity index is 886. The number of sulfonamides is 1. The Morgan fingerprint density at radius 1 is 1.07 bits per heavy atom. The number of amides is 3. The Labute approximate surface area is 179 Å². The SMILES string of the molecule is CS(=O)(=O)N1CCC(NC(=O)CNC(=O)CNC(=O)c2ccc(Cl)cc2Cl)CC1. The molecule has 0 unspecified atom stereocenters. The first kappa shape index (κ1) is 23.4. The van der Waals surface area contributed by atoms with E-state index in [-0.39, 0.29) is 35.6 Å². The van der Waals surface area contributed by atoms with Crippen LogP contribution in [0.3, 0.4) is 0 Å². The molecule has 3 N–H and O–H groups in total. The molecule has 29 heavy (non-hydrogen) atoms. The number of halogens is 2. The molecule has 1 fully saturated rings. The summed E-state index contributed by atoms with van der Waals surface area (Å²) in [6.07, 6.45) is 2.16. The van der Waals surface area contributed by atoms with Crippen LogP contribution in [0.2, 0.25) is 10.0 Å². The van der Waals surface area contributed by atoms with E-state index in [1.54, 1.807) is 0 Å². The summed E-state index contributed by atoms with van der Waals surface area (Å²) in [5.74, 6) is -1.46. The van der Waals surface area contributed by atoms with Crippen LogP contribution in [-0.2, 0) is 19.6 Å². The molecule has 9 nitrogen and oxygen atoms in total. The maximum atomic E-state index is 12.0. The summed E-state index contributed by atoms with van der Waals surface area (Å²) >= 11 is 11.7. The van der Waals surface area contributed by atoms with Gasteiger partial charge in [-0.1, -0.05) is 23.2 Å². The van der Waals surface area contributed by atoms with Gasteiger partial charge in [0.25, 0.3) is 5.91 Å². The molecule has 1 aromatic rings. The lowest BCUT2D eigenvalue weighted by Crippen LogP contribution is -2.49. The van der Waals surface area contributed by atoms with Crippen molar-refractivity contribution >= 4 is 50.9 Å². The molecule has 1 aliphatic heterocycles. The van der Waals surface area contributed by atoms with Gasteiger partial charge in [0.2, 0.25) is 21.8 Å². The van der Waals surface area contributed by atoms with Crippen LogP contribution < -0.4 is 16.0 Å². The summed E-state index contributed by atoms with van der Waals surface area (Å²) in [7, 11) is -3.22. The van der Waals surface area contributed by atoms with E-state index in [0.717, 1.165) is 6.26 Å². The van der Waals surface area contributed by atoms with Crippen molar-refractivity contribution in [1.82, 2.24) is 20.3 Å². The molecule has 2 rings (SSSR count). The van der Waals surface area contributed by atoms with Gasteiger partial charge in [0.05, 0.1) is 29.9 Å². The summed E-state index contributed by atoms with van der Waals surface area (Å²) in [6, 6.07) is 4.22. The fourth-order valence-corrected chi connectivity index (χ4v) is 4.15. The number of rotatable bonds is 7. The summed E-state index contributed by atoms with van der Waals surface area (Å²) < 4.78 is 24.3. The van der Waals surface area contributed by atoms with E-state index in [1.807, 2.05) is 0 Å². The smallest absolute Gasteiger partial charge is 0.253 e. The molecule has 0 aromatic heterocycles. The maximum Gasteiger partial charge on any atom is 0.253 e. The van der Waals surface area contributed by atoms with Crippen molar-refractivity contribution in [2.75, 3.05) is 32.4 Å². The Kier molecular flexibility index (Phi) is 8.26. The highest BCUT2D eigenvalue weighted by Gasteiger charge is 2.25. The highest BCUT2D eigenvalue weighted by Crippen LogP contribution is 2.20. The molecule has 0 aliphatic carbocycles. The van der Waals surface area contributed by atoms with Crippen molar-refractivity contribution in [3.8, 4) is 0 Å². The first-order valence-electron chi connectivity index (χ1n) is 8.80. The van der Waals surface area contributed by atoms with Crippen molar-refractivity contribution in [1.29, 1.82) is 0 Å². The van der Waals surface area contributed by atoms with Crippen molar-refractivity contribution < 1.29 is 22.8 Å². The third-order valence-electron chi connectivity index (χ3n) is 4.32. The summed E-state index contributed by atoms with van der Waals surface area (Å²) in [5.41, 5.74) is 0.182. The van der Waals surface area contributed by atoms with Gasteiger partial charge in [-0.15, -0.1) is 0 Å².